The lowest BCUT2D eigenvalue weighted by molar-refractivity contribution is -0.132. The lowest BCUT2D eigenvalue weighted by Crippen LogP contribution is -2.40. The Morgan fingerprint density at radius 2 is 2.28 bits per heavy atom. The number of likely N-dealkylation sites (tertiary alicyclic amines) is 1. The normalized spacial score (nSPS) is 17.9. The van der Waals surface area contributed by atoms with Gasteiger partial charge < -0.3 is 9.80 Å². The molecule has 2 aromatic rings. The second kappa shape index (κ2) is 8.54. The van der Waals surface area contributed by atoms with E-state index in [0.29, 0.717) is 12.3 Å². The van der Waals surface area contributed by atoms with Gasteiger partial charge in [-0.15, -0.1) is 11.3 Å². The summed E-state index contributed by atoms with van der Waals surface area (Å²) in [6.45, 7) is 5.31. The van der Waals surface area contributed by atoms with Crippen LogP contribution in [0.2, 0.25) is 0 Å². The molecule has 0 aromatic carbocycles. The largest absolute Gasteiger partial charge is 0.342 e. The van der Waals surface area contributed by atoms with Gasteiger partial charge in [0.2, 0.25) is 5.91 Å². The average Bonchev–Trinajstić information content (AvgIpc) is 3.07. The highest BCUT2D eigenvalue weighted by molar-refractivity contribution is 7.11. The molecule has 0 radical (unpaired) electrons. The van der Waals surface area contributed by atoms with Crippen LogP contribution in [-0.4, -0.2) is 52.4 Å². The molecule has 0 N–H and O–H groups in total. The highest BCUT2D eigenvalue weighted by Crippen LogP contribution is 2.29. The molecular weight excluding hydrogens is 332 g/mol. The molecule has 0 saturated carbocycles. The molecule has 1 atom stereocenters. The van der Waals surface area contributed by atoms with Gasteiger partial charge in [-0.05, 0) is 38.9 Å². The molecule has 1 amide bonds. The zero-order valence-corrected chi connectivity index (χ0v) is 15.8. The monoisotopic (exact) mass is 358 g/mol. The van der Waals surface area contributed by atoms with Gasteiger partial charge in [-0.25, -0.2) is 4.98 Å². The zero-order chi connectivity index (χ0) is 17.6. The Hall–Kier alpha value is -1.79. The van der Waals surface area contributed by atoms with Crippen LogP contribution in [0, 0.1) is 6.92 Å². The minimum atomic E-state index is 0.255. The van der Waals surface area contributed by atoms with Crippen LogP contribution in [0.15, 0.2) is 30.6 Å². The molecule has 5 nitrogen and oxygen atoms in total. The van der Waals surface area contributed by atoms with Crippen molar-refractivity contribution in [2.45, 2.75) is 38.6 Å². The van der Waals surface area contributed by atoms with Gasteiger partial charge >= 0.3 is 0 Å². The maximum Gasteiger partial charge on any atom is 0.223 e. The van der Waals surface area contributed by atoms with E-state index in [1.54, 1.807) is 11.3 Å². The van der Waals surface area contributed by atoms with Crippen LogP contribution in [0.3, 0.4) is 0 Å². The number of rotatable bonds is 6. The van der Waals surface area contributed by atoms with Crippen LogP contribution in [0.4, 0.5) is 0 Å². The third-order valence-electron chi connectivity index (χ3n) is 4.63. The first-order valence-electron chi connectivity index (χ1n) is 8.90. The first-order chi connectivity index (χ1) is 12.1. The SMILES string of the molecule is Cc1cnc([C@H]2CCCN(C(=O)CCN(C)Cc3ccccn3)C2)s1. The summed E-state index contributed by atoms with van der Waals surface area (Å²) in [4.78, 5) is 26.9. The van der Waals surface area contributed by atoms with Crippen molar-refractivity contribution in [1.82, 2.24) is 19.8 Å². The predicted molar refractivity (Wildman–Crippen MR) is 101 cm³/mol. The fourth-order valence-corrected chi connectivity index (χ4v) is 4.16. The lowest BCUT2D eigenvalue weighted by atomic mass is 9.98. The second-order valence-corrected chi connectivity index (χ2v) is 8.06. The lowest BCUT2D eigenvalue weighted by Gasteiger charge is -2.32. The van der Waals surface area contributed by atoms with E-state index in [4.69, 9.17) is 0 Å². The number of aromatic nitrogens is 2. The molecule has 0 bridgehead atoms. The number of hydrogen-bond acceptors (Lipinski definition) is 5. The van der Waals surface area contributed by atoms with Crippen LogP contribution in [0.25, 0.3) is 0 Å². The Balaban J connectivity index is 1.47. The second-order valence-electron chi connectivity index (χ2n) is 6.80. The van der Waals surface area contributed by atoms with E-state index in [9.17, 15) is 4.79 Å². The smallest absolute Gasteiger partial charge is 0.223 e. The van der Waals surface area contributed by atoms with Crippen LogP contribution in [-0.2, 0) is 11.3 Å². The third-order valence-corrected chi connectivity index (χ3v) is 5.70. The molecule has 1 aliphatic heterocycles. The van der Waals surface area contributed by atoms with Crippen molar-refractivity contribution in [3.63, 3.8) is 0 Å². The molecule has 1 saturated heterocycles. The summed E-state index contributed by atoms with van der Waals surface area (Å²) >= 11 is 1.76. The van der Waals surface area contributed by atoms with Crippen molar-refractivity contribution >= 4 is 17.2 Å². The van der Waals surface area contributed by atoms with E-state index in [-0.39, 0.29) is 5.91 Å². The van der Waals surface area contributed by atoms with Gasteiger partial charge in [0.15, 0.2) is 0 Å². The van der Waals surface area contributed by atoms with E-state index >= 15 is 0 Å². The maximum atomic E-state index is 12.6. The van der Waals surface area contributed by atoms with Gasteiger partial charge in [0, 0.05) is 55.8 Å². The standard InChI is InChI=1S/C19H26N4OS/c1-15-12-21-19(25-15)16-6-5-10-23(13-16)18(24)8-11-22(2)14-17-7-3-4-9-20-17/h3-4,7,9,12,16H,5-6,8,10-11,13-14H2,1-2H3/t16-/m0/s1. The van der Waals surface area contributed by atoms with Crippen LogP contribution in [0.1, 0.15) is 40.8 Å². The van der Waals surface area contributed by atoms with Crippen molar-refractivity contribution < 1.29 is 4.79 Å². The fourth-order valence-electron chi connectivity index (χ4n) is 3.26. The van der Waals surface area contributed by atoms with Gasteiger partial charge in [0.25, 0.3) is 0 Å². The Morgan fingerprint density at radius 1 is 1.40 bits per heavy atom. The first kappa shape index (κ1) is 18.0. The summed E-state index contributed by atoms with van der Waals surface area (Å²) in [7, 11) is 2.04. The molecule has 3 heterocycles. The quantitative estimate of drug-likeness (QED) is 0.796. The number of carbonyl (C=O) groups is 1. The van der Waals surface area contributed by atoms with E-state index in [0.717, 1.165) is 44.7 Å². The Labute approximate surface area is 153 Å². The summed E-state index contributed by atoms with van der Waals surface area (Å²) in [6.07, 6.45) is 6.51. The van der Waals surface area contributed by atoms with Crippen molar-refractivity contribution in [3.05, 3.63) is 46.2 Å². The fraction of sp³-hybridized carbons (Fsp3) is 0.526. The maximum absolute atomic E-state index is 12.6. The molecule has 1 aliphatic rings. The molecule has 6 heteroatoms. The number of hydrogen-bond donors (Lipinski definition) is 0. The van der Waals surface area contributed by atoms with Gasteiger partial charge in [-0.1, -0.05) is 6.07 Å². The topological polar surface area (TPSA) is 49.3 Å². The highest BCUT2D eigenvalue weighted by Gasteiger charge is 2.26. The van der Waals surface area contributed by atoms with Gasteiger partial charge in [0.1, 0.15) is 0 Å². The summed E-state index contributed by atoms with van der Waals surface area (Å²) in [5.41, 5.74) is 1.04. The van der Waals surface area contributed by atoms with Gasteiger partial charge in [0.05, 0.1) is 10.7 Å². The number of carbonyl (C=O) groups excluding carboxylic acids is 1. The van der Waals surface area contributed by atoms with Crippen molar-refractivity contribution in [3.8, 4) is 0 Å². The van der Waals surface area contributed by atoms with Crippen LogP contribution >= 0.6 is 11.3 Å². The van der Waals surface area contributed by atoms with Crippen molar-refractivity contribution in [2.24, 2.45) is 0 Å². The van der Waals surface area contributed by atoms with E-state index in [1.165, 1.54) is 9.88 Å². The summed E-state index contributed by atoms with van der Waals surface area (Å²) < 4.78 is 0. The predicted octanol–water partition coefficient (Wildman–Crippen LogP) is 3.07. The van der Waals surface area contributed by atoms with Crippen LogP contribution in [0.5, 0.6) is 0 Å². The first-order valence-corrected chi connectivity index (χ1v) is 9.72. The number of nitrogens with zero attached hydrogens (tertiary/aromatic N) is 4. The number of piperidine rings is 1. The Morgan fingerprint density at radius 3 is 3.00 bits per heavy atom. The number of thiazole rings is 1. The third kappa shape index (κ3) is 5.09. The molecule has 2 aromatic heterocycles. The van der Waals surface area contributed by atoms with E-state index < -0.39 is 0 Å². The molecule has 0 aliphatic carbocycles. The molecule has 25 heavy (non-hydrogen) atoms. The summed E-state index contributed by atoms with van der Waals surface area (Å²) in [6, 6.07) is 5.93. The summed E-state index contributed by atoms with van der Waals surface area (Å²) in [5, 5.41) is 1.18. The Bertz CT molecular complexity index is 688. The van der Waals surface area contributed by atoms with E-state index in [1.807, 2.05) is 42.5 Å². The summed E-state index contributed by atoms with van der Waals surface area (Å²) in [5.74, 6) is 0.661. The van der Waals surface area contributed by atoms with Crippen molar-refractivity contribution in [1.29, 1.82) is 0 Å². The van der Waals surface area contributed by atoms with Crippen molar-refractivity contribution in [2.75, 3.05) is 26.7 Å². The van der Waals surface area contributed by atoms with E-state index in [2.05, 4.69) is 21.8 Å². The zero-order valence-electron chi connectivity index (χ0n) is 15.0. The van der Waals surface area contributed by atoms with Gasteiger partial charge in [-0.3, -0.25) is 9.78 Å². The average molecular weight is 359 g/mol. The number of aryl methyl sites for hydroxylation is 1. The molecule has 0 unspecified atom stereocenters. The molecule has 3 rings (SSSR count). The highest BCUT2D eigenvalue weighted by atomic mass is 32.1. The minimum absolute atomic E-state index is 0.255. The molecular formula is C19H26N4OS. The molecule has 134 valence electrons. The minimum Gasteiger partial charge on any atom is -0.342 e. The number of pyridine rings is 1. The molecule has 0 spiro atoms. The molecule has 1 fully saturated rings. The number of amides is 1. The Kier molecular flexibility index (Phi) is 6.15. The van der Waals surface area contributed by atoms with Crippen LogP contribution < -0.4 is 0 Å². The van der Waals surface area contributed by atoms with Gasteiger partial charge in [-0.2, -0.15) is 0 Å².